The van der Waals surface area contributed by atoms with Gasteiger partial charge in [-0.3, -0.25) is 0 Å². The van der Waals surface area contributed by atoms with Crippen LogP contribution in [0.4, 0.5) is 0 Å². The van der Waals surface area contributed by atoms with Gasteiger partial charge in [0.15, 0.2) is 0 Å². The van der Waals surface area contributed by atoms with E-state index in [9.17, 15) is 5.11 Å². The smallest absolute Gasteiger partial charge is 0.118 e. The SMILES string of the molecule is CCC1(CNCC(O)c2ccc(OC)cc2)CCC1. The zero-order chi connectivity index (χ0) is 13.7. The molecule has 2 N–H and O–H groups in total. The second-order valence-corrected chi connectivity index (χ2v) is 5.63. The Morgan fingerprint density at radius 3 is 2.47 bits per heavy atom. The molecule has 2 rings (SSSR count). The summed E-state index contributed by atoms with van der Waals surface area (Å²) in [5.41, 5.74) is 1.44. The van der Waals surface area contributed by atoms with Gasteiger partial charge in [0.25, 0.3) is 0 Å². The summed E-state index contributed by atoms with van der Waals surface area (Å²) in [4.78, 5) is 0. The van der Waals surface area contributed by atoms with Gasteiger partial charge in [-0.05, 0) is 42.4 Å². The first kappa shape index (κ1) is 14.4. The molecule has 1 fully saturated rings. The number of hydrogen-bond acceptors (Lipinski definition) is 3. The van der Waals surface area contributed by atoms with E-state index in [1.165, 1.54) is 25.7 Å². The van der Waals surface area contributed by atoms with Crippen molar-refractivity contribution in [2.24, 2.45) is 5.41 Å². The molecule has 1 aromatic rings. The molecule has 0 amide bonds. The van der Waals surface area contributed by atoms with Gasteiger partial charge in [-0.1, -0.05) is 25.5 Å². The average Bonchev–Trinajstić information content (AvgIpc) is 2.41. The fraction of sp³-hybridized carbons (Fsp3) is 0.625. The van der Waals surface area contributed by atoms with Crippen molar-refractivity contribution in [3.8, 4) is 5.75 Å². The Morgan fingerprint density at radius 2 is 2.00 bits per heavy atom. The molecule has 1 aromatic carbocycles. The molecule has 3 heteroatoms. The minimum atomic E-state index is -0.445. The van der Waals surface area contributed by atoms with E-state index in [1.807, 2.05) is 24.3 Å². The number of aliphatic hydroxyl groups is 1. The number of aliphatic hydroxyl groups excluding tert-OH is 1. The molecule has 19 heavy (non-hydrogen) atoms. The van der Waals surface area contributed by atoms with Gasteiger partial charge in [0, 0.05) is 13.1 Å². The summed E-state index contributed by atoms with van der Waals surface area (Å²) in [5, 5.41) is 13.6. The number of rotatable bonds is 7. The molecule has 1 atom stereocenters. The van der Waals surface area contributed by atoms with Crippen LogP contribution in [-0.4, -0.2) is 25.3 Å². The van der Waals surface area contributed by atoms with E-state index in [1.54, 1.807) is 7.11 Å². The first-order valence-electron chi connectivity index (χ1n) is 7.22. The summed E-state index contributed by atoms with van der Waals surface area (Å²) in [6.07, 6.45) is 4.80. The van der Waals surface area contributed by atoms with Gasteiger partial charge >= 0.3 is 0 Å². The van der Waals surface area contributed by atoms with Crippen molar-refractivity contribution < 1.29 is 9.84 Å². The second-order valence-electron chi connectivity index (χ2n) is 5.63. The molecule has 0 saturated heterocycles. The normalized spacial score (nSPS) is 18.7. The van der Waals surface area contributed by atoms with Crippen molar-refractivity contribution in [2.75, 3.05) is 20.2 Å². The van der Waals surface area contributed by atoms with Gasteiger partial charge in [-0.15, -0.1) is 0 Å². The Kier molecular flexibility index (Phi) is 4.83. The van der Waals surface area contributed by atoms with Gasteiger partial charge in [0.05, 0.1) is 13.2 Å². The van der Waals surface area contributed by atoms with Crippen LogP contribution >= 0.6 is 0 Å². The summed E-state index contributed by atoms with van der Waals surface area (Å²) in [6.45, 7) is 3.91. The molecule has 0 spiro atoms. The van der Waals surface area contributed by atoms with Gasteiger partial charge in [0.2, 0.25) is 0 Å². The quantitative estimate of drug-likeness (QED) is 0.795. The van der Waals surface area contributed by atoms with Crippen LogP contribution in [0.3, 0.4) is 0 Å². The maximum atomic E-state index is 10.1. The van der Waals surface area contributed by atoms with E-state index < -0.39 is 6.10 Å². The van der Waals surface area contributed by atoms with E-state index in [2.05, 4.69) is 12.2 Å². The zero-order valence-corrected chi connectivity index (χ0v) is 12.0. The van der Waals surface area contributed by atoms with Crippen LogP contribution in [-0.2, 0) is 0 Å². The molecule has 0 aromatic heterocycles. The molecule has 0 radical (unpaired) electrons. The highest BCUT2D eigenvalue weighted by Crippen LogP contribution is 2.43. The highest BCUT2D eigenvalue weighted by atomic mass is 16.5. The van der Waals surface area contributed by atoms with Crippen molar-refractivity contribution >= 4 is 0 Å². The average molecular weight is 263 g/mol. The largest absolute Gasteiger partial charge is 0.497 e. The van der Waals surface area contributed by atoms with Gasteiger partial charge in [-0.25, -0.2) is 0 Å². The zero-order valence-electron chi connectivity index (χ0n) is 12.0. The van der Waals surface area contributed by atoms with Crippen LogP contribution in [0.1, 0.15) is 44.3 Å². The monoisotopic (exact) mass is 263 g/mol. The highest BCUT2D eigenvalue weighted by molar-refractivity contribution is 5.28. The Morgan fingerprint density at radius 1 is 1.32 bits per heavy atom. The predicted octanol–water partition coefficient (Wildman–Crippen LogP) is 2.90. The van der Waals surface area contributed by atoms with Gasteiger partial charge < -0.3 is 15.2 Å². The van der Waals surface area contributed by atoms with Crippen molar-refractivity contribution in [3.05, 3.63) is 29.8 Å². The van der Waals surface area contributed by atoms with Crippen LogP contribution < -0.4 is 10.1 Å². The van der Waals surface area contributed by atoms with E-state index in [0.717, 1.165) is 17.9 Å². The maximum absolute atomic E-state index is 10.1. The molecule has 0 bridgehead atoms. The third-order valence-electron chi connectivity index (χ3n) is 4.50. The Balaban J connectivity index is 1.78. The standard InChI is InChI=1S/C16H25NO2/c1-3-16(9-4-10-16)12-17-11-15(18)13-5-7-14(19-2)8-6-13/h5-8,15,17-18H,3-4,9-12H2,1-2H3. The molecule has 3 nitrogen and oxygen atoms in total. The molecule has 0 heterocycles. The summed E-state index contributed by atoms with van der Waals surface area (Å²) in [5.74, 6) is 0.823. The van der Waals surface area contributed by atoms with Crippen molar-refractivity contribution in [1.29, 1.82) is 0 Å². The van der Waals surface area contributed by atoms with E-state index in [0.29, 0.717) is 12.0 Å². The predicted molar refractivity (Wildman–Crippen MR) is 77.4 cm³/mol. The first-order chi connectivity index (χ1) is 9.19. The number of hydrogen-bond donors (Lipinski definition) is 2. The lowest BCUT2D eigenvalue weighted by Crippen LogP contribution is -2.40. The molecule has 0 aliphatic heterocycles. The number of ether oxygens (including phenoxy) is 1. The molecular weight excluding hydrogens is 238 g/mol. The van der Waals surface area contributed by atoms with Gasteiger partial charge in [0.1, 0.15) is 5.75 Å². The van der Waals surface area contributed by atoms with Crippen LogP contribution in [0.15, 0.2) is 24.3 Å². The van der Waals surface area contributed by atoms with Crippen molar-refractivity contribution in [2.45, 2.75) is 38.7 Å². The summed E-state index contributed by atoms with van der Waals surface area (Å²) < 4.78 is 5.11. The lowest BCUT2D eigenvalue weighted by molar-refractivity contribution is 0.110. The Bertz CT molecular complexity index is 379. The van der Waals surface area contributed by atoms with E-state index in [-0.39, 0.29) is 0 Å². The number of benzene rings is 1. The van der Waals surface area contributed by atoms with Crippen LogP contribution in [0.5, 0.6) is 5.75 Å². The lowest BCUT2D eigenvalue weighted by Gasteiger charge is -2.41. The topological polar surface area (TPSA) is 41.5 Å². The molecular formula is C16H25NO2. The van der Waals surface area contributed by atoms with Crippen LogP contribution in [0, 0.1) is 5.41 Å². The fourth-order valence-electron chi connectivity index (χ4n) is 2.75. The van der Waals surface area contributed by atoms with Gasteiger partial charge in [-0.2, -0.15) is 0 Å². The molecule has 1 unspecified atom stereocenters. The van der Waals surface area contributed by atoms with E-state index >= 15 is 0 Å². The highest BCUT2D eigenvalue weighted by Gasteiger charge is 2.34. The minimum absolute atomic E-state index is 0.445. The summed E-state index contributed by atoms with van der Waals surface area (Å²) >= 11 is 0. The first-order valence-corrected chi connectivity index (χ1v) is 7.22. The summed E-state index contributed by atoms with van der Waals surface area (Å²) in [7, 11) is 1.65. The van der Waals surface area contributed by atoms with Crippen LogP contribution in [0.2, 0.25) is 0 Å². The number of methoxy groups -OCH3 is 1. The van der Waals surface area contributed by atoms with E-state index in [4.69, 9.17) is 4.74 Å². The minimum Gasteiger partial charge on any atom is -0.497 e. The van der Waals surface area contributed by atoms with Crippen molar-refractivity contribution in [1.82, 2.24) is 5.32 Å². The third kappa shape index (κ3) is 3.48. The fourth-order valence-corrected chi connectivity index (χ4v) is 2.75. The van der Waals surface area contributed by atoms with Crippen molar-refractivity contribution in [3.63, 3.8) is 0 Å². The Hall–Kier alpha value is -1.06. The second kappa shape index (κ2) is 6.40. The number of nitrogens with one attached hydrogen (secondary N) is 1. The molecule has 106 valence electrons. The third-order valence-corrected chi connectivity index (χ3v) is 4.50. The lowest BCUT2D eigenvalue weighted by atomic mass is 9.67. The molecule has 1 aliphatic rings. The Labute approximate surface area is 116 Å². The maximum Gasteiger partial charge on any atom is 0.118 e. The molecule has 1 saturated carbocycles. The summed E-state index contributed by atoms with van der Waals surface area (Å²) in [6, 6.07) is 7.62. The van der Waals surface area contributed by atoms with Crippen LogP contribution in [0.25, 0.3) is 0 Å². The molecule has 1 aliphatic carbocycles.